The van der Waals surface area contributed by atoms with Crippen LogP contribution in [-0.4, -0.2) is 6.54 Å². The molecule has 0 saturated carbocycles. The molecule has 0 amide bonds. The number of benzene rings is 1. The molecule has 72 valence electrons. The van der Waals surface area contributed by atoms with E-state index in [2.05, 4.69) is 22.0 Å². The molecule has 2 N–H and O–H groups in total. The summed E-state index contributed by atoms with van der Waals surface area (Å²) in [6.07, 6.45) is 3.28. The molecule has 0 spiro atoms. The minimum absolute atomic E-state index is 0.769. The first-order valence-corrected chi connectivity index (χ1v) is 5.55. The molecule has 1 nitrogen and oxygen atoms in total. The van der Waals surface area contributed by atoms with Gasteiger partial charge in [0, 0.05) is 9.50 Å². The second kappa shape index (κ2) is 5.63. The minimum Gasteiger partial charge on any atom is -0.330 e. The lowest BCUT2D eigenvalue weighted by Gasteiger charge is -2.03. The molecule has 0 atom stereocenters. The Hall–Kier alpha value is -0.0500. The van der Waals surface area contributed by atoms with E-state index in [0.717, 1.165) is 35.3 Å². The summed E-state index contributed by atoms with van der Waals surface area (Å²) in [7, 11) is 0. The number of hydrogen-bond acceptors (Lipinski definition) is 1. The molecule has 0 fully saturated rings. The van der Waals surface area contributed by atoms with E-state index in [1.165, 1.54) is 5.56 Å². The molecule has 0 heterocycles. The fourth-order valence-corrected chi connectivity index (χ4v) is 2.07. The van der Waals surface area contributed by atoms with E-state index in [1.54, 1.807) is 0 Å². The highest BCUT2D eigenvalue weighted by atomic mass is 79.9. The van der Waals surface area contributed by atoms with Crippen LogP contribution in [0.3, 0.4) is 0 Å². The van der Waals surface area contributed by atoms with E-state index in [9.17, 15) is 0 Å². The number of halogens is 2. The van der Waals surface area contributed by atoms with Crippen molar-refractivity contribution in [2.24, 2.45) is 5.73 Å². The van der Waals surface area contributed by atoms with Crippen LogP contribution in [0.2, 0.25) is 5.02 Å². The number of hydrogen-bond donors (Lipinski definition) is 1. The van der Waals surface area contributed by atoms with Gasteiger partial charge >= 0.3 is 0 Å². The van der Waals surface area contributed by atoms with Crippen molar-refractivity contribution in [1.82, 2.24) is 0 Å². The molecule has 0 radical (unpaired) electrons. The van der Waals surface area contributed by atoms with Gasteiger partial charge in [-0.3, -0.25) is 0 Å². The van der Waals surface area contributed by atoms with Gasteiger partial charge in [-0.15, -0.1) is 0 Å². The van der Waals surface area contributed by atoms with E-state index >= 15 is 0 Å². The van der Waals surface area contributed by atoms with Gasteiger partial charge < -0.3 is 5.73 Å². The van der Waals surface area contributed by atoms with Gasteiger partial charge in [0.05, 0.1) is 0 Å². The second-order valence-electron chi connectivity index (χ2n) is 2.98. The van der Waals surface area contributed by atoms with Crippen molar-refractivity contribution in [3.8, 4) is 0 Å². The molecular weight excluding hydrogens is 249 g/mol. The highest BCUT2D eigenvalue weighted by molar-refractivity contribution is 9.10. The van der Waals surface area contributed by atoms with Gasteiger partial charge in [0.1, 0.15) is 0 Å². The molecule has 0 aliphatic heterocycles. The summed E-state index contributed by atoms with van der Waals surface area (Å²) in [5.41, 5.74) is 6.73. The number of rotatable bonds is 4. The number of unbranched alkanes of at least 4 members (excludes halogenated alkanes) is 1. The SMILES string of the molecule is NCCCCc1ccc(Cl)cc1Br. The van der Waals surface area contributed by atoms with Gasteiger partial charge in [-0.25, -0.2) is 0 Å². The van der Waals surface area contributed by atoms with Gasteiger partial charge in [0.25, 0.3) is 0 Å². The highest BCUT2D eigenvalue weighted by Gasteiger charge is 1.99. The Morgan fingerprint density at radius 3 is 2.69 bits per heavy atom. The maximum absolute atomic E-state index is 5.83. The van der Waals surface area contributed by atoms with Gasteiger partial charge in [0.15, 0.2) is 0 Å². The third-order valence-electron chi connectivity index (χ3n) is 1.92. The van der Waals surface area contributed by atoms with Crippen LogP contribution in [0.4, 0.5) is 0 Å². The predicted octanol–water partition coefficient (Wildman–Crippen LogP) is 3.38. The van der Waals surface area contributed by atoms with Crippen molar-refractivity contribution in [3.63, 3.8) is 0 Å². The van der Waals surface area contributed by atoms with Crippen molar-refractivity contribution in [1.29, 1.82) is 0 Å². The zero-order valence-corrected chi connectivity index (χ0v) is 9.74. The third-order valence-corrected chi connectivity index (χ3v) is 2.89. The van der Waals surface area contributed by atoms with Crippen LogP contribution in [0.1, 0.15) is 18.4 Å². The van der Waals surface area contributed by atoms with Crippen molar-refractivity contribution in [2.75, 3.05) is 6.54 Å². The molecule has 13 heavy (non-hydrogen) atoms. The molecule has 0 aliphatic rings. The monoisotopic (exact) mass is 261 g/mol. The lowest BCUT2D eigenvalue weighted by atomic mass is 10.1. The summed E-state index contributed by atoms with van der Waals surface area (Å²) in [6, 6.07) is 5.91. The average molecular weight is 263 g/mol. The Morgan fingerprint density at radius 2 is 2.08 bits per heavy atom. The van der Waals surface area contributed by atoms with Crippen LogP contribution < -0.4 is 5.73 Å². The standard InChI is InChI=1S/C10H13BrClN/c11-10-7-9(12)5-4-8(10)3-1-2-6-13/h4-5,7H,1-3,6,13H2. The number of aryl methyl sites for hydroxylation is 1. The molecule has 0 bridgehead atoms. The molecular formula is C10H13BrClN. The Kier molecular flexibility index (Phi) is 4.78. The van der Waals surface area contributed by atoms with Gasteiger partial charge in [-0.2, -0.15) is 0 Å². The average Bonchev–Trinajstić information content (AvgIpc) is 2.09. The summed E-state index contributed by atoms with van der Waals surface area (Å²) in [5, 5.41) is 0.773. The molecule has 0 aromatic heterocycles. The van der Waals surface area contributed by atoms with Gasteiger partial charge in [0.2, 0.25) is 0 Å². The maximum Gasteiger partial charge on any atom is 0.0417 e. The third kappa shape index (κ3) is 3.67. The first-order valence-electron chi connectivity index (χ1n) is 4.38. The van der Waals surface area contributed by atoms with Crippen LogP contribution in [0.25, 0.3) is 0 Å². The first kappa shape index (κ1) is 11.0. The minimum atomic E-state index is 0.769. The molecule has 0 saturated heterocycles. The lowest BCUT2D eigenvalue weighted by Crippen LogP contribution is -1.99. The van der Waals surface area contributed by atoms with Crippen LogP contribution in [0, 0.1) is 0 Å². The first-order chi connectivity index (χ1) is 6.24. The van der Waals surface area contributed by atoms with Crippen LogP contribution in [0.5, 0.6) is 0 Å². The molecule has 1 aromatic rings. The lowest BCUT2D eigenvalue weighted by molar-refractivity contribution is 0.743. The zero-order valence-electron chi connectivity index (χ0n) is 7.39. The fourth-order valence-electron chi connectivity index (χ4n) is 1.18. The quantitative estimate of drug-likeness (QED) is 0.827. The largest absolute Gasteiger partial charge is 0.330 e. The second-order valence-corrected chi connectivity index (χ2v) is 4.27. The van der Waals surface area contributed by atoms with E-state index in [4.69, 9.17) is 17.3 Å². The molecule has 1 rings (SSSR count). The van der Waals surface area contributed by atoms with E-state index in [-0.39, 0.29) is 0 Å². The Labute approximate surface area is 92.4 Å². The zero-order chi connectivity index (χ0) is 9.68. The summed E-state index contributed by atoms with van der Waals surface area (Å²) >= 11 is 9.31. The van der Waals surface area contributed by atoms with Crippen molar-refractivity contribution >= 4 is 27.5 Å². The van der Waals surface area contributed by atoms with Crippen molar-refractivity contribution < 1.29 is 0 Å². The normalized spacial score (nSPS) is 10.4. The molecule has 1 aromatic carbocycles. The van der Waals surface area contributed by atoms with E-state index < -0.39 is 0 Å². The Balaban J connectivity index is 2.56. The molecule has 0 aliphatic carbocycles. The topological polar surface area (TPSA) is 26.0 Å². The summed E-state index contributed by atoms with van der Waals surface area (Å²) < 4.78 is 1.09. The number of nitrogens with two attached hydrogens (primary N) is 1. The van der Waals surface area contributed by atoms with Crippen LogP contribution >= 0.6 is 27.5 Å². The Bertz CT molecular complexity index is 276. The summed E-state index contributed by atoms with van der Waals surface area (Å²) in [4.78, 5) is 0. The smallest absolute Gasteiger partial charge is 0.0417 e. The predicted molar refractivity (Wildman–Crippen MR) is 61.1 cm³/mol. The summed E-state index contributed by atoms with van der Waals surface area (Å²) in [5.74, 6) is 0. The van der Waals surface area contributed by atoms with Crippen LogP contribution in [0.15, 0.2) is 22.7 Å². The summed E-state index contributed by atoms with van der Waals surface area (Å²) in [6.45, 7) is 0.769. The van der Waals surface area contributed by atoms with Crippen molar-refractivity contribution in [2.45, 2.75) is 19.3 Å². The van der Waals surface area contributed by atoms with Crippen molar-refractivity contribution in [3.05, 3.63) is 33.3 Å². The van der Waals surface area contributed by atoms with Crippen LogP contribution in [-0.2, 0) is 6.42 Å². The van der Waals surface area contributed by atoms with Gasteiger partial charge in [-0.05, 0) is 43.5 Å². The maximum atomic E-state index is 5.83. The van der Waals surface area contributed by atoms with Gasteiger partial charge in [-0.1, -0.05) is 33.6 Å². The molecule has 3 heteroatoms. The fraction of sp³-hybridized carbons (Fsp3) is 0.400. The van der Waals surface area contributed by atoms with E-state index in [1.807, 2.05) is 12.1 Å². The Morgan fingerprint density at radius 1 is 1.31 bits per heavy atom. The van der Waals surface area contributed by atoms with E-state index in [0.29, 0.717) is 0 Å². The molecule has 0 unspecified atom stereocenters. The highest BCUT2D eigenvalue weighted by Crippen LogP contribution is 2.22.